The molecule has 0 aliphatic carbocycles. The van der Waals surface area contributed by atoms with Gasteiger partial charge in [-0.25, -0.2) is 0 Å². The van der Waals surface area contributed by atoms with Gasteiger partial charge in [0.2, 0.25) is 0 Å². The lowest BCUT2D eigenvalue weighted by Crippen LogP contribution is -2.05. The quantitative estimate of drug-likeness (QED) is 0.590. The monoisotopic (exact) mass is 209 g/mol. The maximum absolute atomic E-state index is 9.00. The molecule has 0 aliphatic rings. The van der Waals surface area contributed by atoms with Crippen molar-refractivity contribution in [1.82, 2.24) is 0 Å². The highest BCUT2D eigenvalue weighted by molar-refractivity contribution is 5.71. The molecule has 0 amide bonds. The lowest BCUT2D eigenvalue weighted by Gasteiger charge is -2.05. The van der Waals surface area contributed by atoms with Gasteiger partial charge in [-0.2, -0.15) is 5.26 Å². The molecule has 3 heteroatoms. The number of anilines is 1. The Kier molecular flexibility index (Phi) is 2.86. The van der Waals surface area contributed by atoms with Gasteiger partial charge in [-0.15, -0.1) is 0 Å². The molecule has 0 saturated carbocycles. The molecular weight excluding hydrogens is 198 g/mol. The van der Waals surface area contributed by atoms with E-state index in [0.717, 1.165) is 16.8 Å². The van der Waals surface area contributed by atoms with Crippen LogP contribution in [0.4, 0.5) is 5.69 Å². The molecule has 0 atom stereocenters. The number of nitrogen functional groups attached to an aromatic ring is 1. The summed E-state index contributed by atoms with van der Waals surface area (Å²) >= 11 is 0. The Morgan fingerprint density at radius 3 is 2.31 bits per heavy atom. The van der Waals surface area contributed by atoms with Crippen LogP contribution in [0.5, 0.6) is 0 Å². The summed E-state index contributed by atoms with van der Waals surface area (Å²) < 4.78 is 0. The van der Waals surface area contributed by atoms with E-state index in [1.165, 1.54) is 0 Å². The number of rotatable bonds is 2. The zero-order chi connectivity index (χ0) is 11.4. The maximum Gasteiger partial charge on any atom is 0.0998 e. The van der Waals surface area contributed by atoms with Crippen LogP contribution in [0.25, 0.3) is 11.1 Å². The van der Waals surface area contributed by atoms with Gasteiger partial charge in [0.15, 0.2) is 0 Å². The first-order valence-electron chi connectivity index (χ1n) is 4.91. The third-order valence-corrected chi connectivity index (χ3v) is 2.41. The molecule has 0 aliphatic heterocycles. The second-order valence-electron chi connectivity index (χ2n) is 3.38. The summed E-state index contributed by atoms with van der Waals surface area (Å²) in [6, 6.07) is 17.3. The SMILES string of the molecule is N#Cc1ccccc1-c1ccc(NN)cc1. The summed E-state index contributed by atoms with van der Waals surface area (Å²) in [5.74, 6) is 5.29. The Morgan fingerprint density at radius 1 is 1.00 bits per heavy atom. The lowest BCUT2D eigenvalue weighted by molar-refractivity contribution is 1.35. The van der Waals surface area contributed by atoms with Gasteiger partial charge in [0.1, 0.15) is 0 Å². The Hall–Kier alpha value is -2.31. The summed E-state index contributed by atoms with van der Waals surface area (Å²) in [6.07, 6.45) is 0. The van der Waals surface area contributed by atoms with E-state index in [0.29, 0.717) is 5.56 Å². The number of benzene rings is 2. The smallest absolute Gasteiger partial charge is 0.0998 e. The minimum absolute atomic E-state index is 0.677. The van der Waals surface area contributed by atoms with Gasteiger partial charge in [-0.1, -0.05) is 30.3 Å². The second kappa shape index (κ2) is 4.47. The molecular formula is C13H11N3. The fourth-order valence-corrected chi connectivity index (χ4v) is 1.58. The highest BCUT2D eigenvalue weighted by Gasteiger charge is 2.02. The van der Waals surface area contributed by atoms with Crippen LogP contribution in [-0.2, 0) is 0 Å². The van der Waals surface area contributed by atoms with Crippen molar-refractivity contribution in [1.29, 1.82) is 5.26 Å². The predicted molar refractivity (Wildman–Crippen MR) is 64.4 cm³/mol. The van der Waals surface area contributed by atoms with Crippen LogP contribution in [0, 0.1) is 11.3 Å². The molecule has 2 aromatic rings. The number of nitrogens with one attached hydrogen (secondary N) is 1. The maximum atomic E-state index is 9.00. The van der Waals surface area contributed by atoms with E-state index < -0.39 is 0 Å². The normalized spacial score (nSPS) is 9.50. The van der Waals surface area contributed by atoms with E-state index in [4.69, 9.17) is 11.1 Å². The number of nitrogens with zero attached hydrogens (tertiary/aromatic N) is 1. The van der Waals surface area contributed by atoms with Crippen molar-refractivity contribution in [3.8, 4) is 17.2 Å². The van der Waals surface area contributed by atoms with Crippen LogP contribution in [-0.4, -0.2) is 0 Å². The fourth-order valence-electron chi connectivity index (χ4n) is 1.58. The van der Waals surface area contributed by atoms with Crippen molar-refractivity contribution < 1.29 is 0 Å². The minimum Gasteiger partial charge on any atom is -0.324 e. The summed E-state index contributed by atoms with van der Waals surface area (Å²) in [4.78, 5) is 0. The molecule has 2 rings (SSSR count). The molecule has 78 valence electrons. The first kappa shape index (κ1) is 10.2. The molecule has 0 heterocycles. The molecule has 0 saturated heterocycles. The van der Waals surface area contributed by atoms with Gasteiger partial charge in [0.25, 0.3) is 0 Å². The molecule has 3 N–H and O–H groups in total. The number of hydrazine groups is 1. The van der Waals surface area contributed by atoms with Crippen molar-refractivity contribution >= 4 is 5.69 Å². The van der Waals surface area contributed by atoms with E-state index in [1.54, 1.807) is 0 Å². The molecule has 3 nitrogen and oxygen atoms in total. The Balaban J connectivity index is 2.47. The molecule has 0 fully saturated rings. The number of hydrogen-bond acceptors (Lipinski definition) is 3. The van der Waals surface area contributed by atoms with Gasteiger partial charge in [-0.3, -0.25) is 5.84 Å². The second-order valence-corrected chi connectivity index (χ2v) is 3.38. The summed E-state index contributed by atoms with van der Waals surface area (Å²) in [5.41, 5.74) is 6.04. The number of hydrogen-bond donors (Lipinski definition) is 2. The van der Waals surface area contributed by atoms with Crippen molar-refractivity contribution in [3.63, 3.8) is 0 Å². The van der Waals surface area contributed by atoms with E-state index in [2.05, 4.69) is 11.5 Å². The third kappa shape index (κ3) is 1.88. The molecule has 0 radical (unpaired) electrons. The number of nitriles is 1. The third-order valence-electron chi connectivity index (χ3n) is 2.41. The van der Waals surface area contributed by atoms with Crippen molar-refractivity contribution in [2.24, 2.45) is 5.84 Å². The first-order valence-corrected chi connectivity index (χ1v) is 4.91. The van der Waals surface area contributed by atoms with E-state index >= 15 is 0 Å². The van der Waals surface area contributed by atoms with Crippen LogP contribution in [0.1, 0.15) is 5.56 Å². The lowest BCUT2D eigenvalue weighted by atomic mass is 10.0. The topological polar surface area (TPSA) is 61.8 Å². The van der Waals surface area contributed by atoms with Crippen molar-refractivity contribution in [2.45, 2.75) is 0 Å². The summed E-state index contributed by atoms with van der Waals surface area (Å²) in [7, 11) is 0. The average Bonchev–Trinajstić information content (AvgIpc) is 2.39. The van der Waals surface area contributed by atoms with Crippen LogP contribution in [0.3, 0.4) is 0 Å². The van der Waals surface area contributed by atoms with Gasteiger partial charge >= 0.3 is 0 Å². The van der Waals surface area contributed by atoms with Gasteiger partial charge in [0.05, 0.1) is 11.6 Å². The van der Waals surface area contributed by atoms with Gasteiger partial charge in [0, 0.05) is 5.69 Å². The zero-order valence-corrected chi connectivity index (χ0v) is 8.64. The molecule has 0 unspecified atom stereocenters. The number of nitrogens with two attached hydrogens (primary N) is 1. The zero-order valence-electron chi connectivity index (χ0n) is 8.64. The largest absolute Gasteiger partial charge is 0.324 e. The van der Waals surface area contributed by atoms with Crippen molar-refractivity contribution in [3.05, 3.63) is 54.1 Å². The van der Waals surface area contributed by atoms with Crippen LogP contribution in [0.15, 0.2) is 48.5 Å². The minimum atomic E-state index is 0.677. The predicted octanol–water partition coefficient (Wildman–Crippen LogP) is 2.51. The molecule has 0 aromatic heterocycles. The van der Waals surface area contributed by atoms with Crippen LogP contribution >= 0.6 is 0 Å². The standard InChI is InChI=1S/C13H11N3/c14-9-11-3-1-2-4-13(11)10-5-7-12(16-15)8-6-10/h1-8,16H,15H2. The molecule has 0 bridgehead atoms. The van der Waals surface area contributed by atoms with Crippen LogP contribution in [0.2, 0.25) is 0 Å². The molecule has 16 heavy (non-hydrogen) atoms. The summed E-state index contributed by atoms with van der Waals surface area (Å²) in [5, 5.41) is 9.00. The Morgan fingerprint density at radius 2 is 1.69 bits per heavy atom. The summed E-state index contributed by atoms with van der Waals surface area (Å²) in [6.45, 7) is 0. The molecule has 2 aromatic carbocycles. The van der Waals surface area contributed by atoms with Crippen LogP contribution < -0.4 is 11.3 Å². The van der Waals surface area contributed by atoms with E-state index in [-0.39, 0.29) is 0 Å². The Labute approximate surface area is 94.1 Å². The molecule has 0 spiro atoms. The van der Waals surface area contributed by atoms with Gasteiger partial charge in [-0.05, 0) is 29.3 Å². The first-order chi connectivity index (χ1) is 7.85. The van der Waals surface area contributed by atoms with E-state index in [1.807, 2.05) is 48.5 Å². The average molecular weight is 209 g/mol. The van der Waals surface area contributed by atoms with Crippen molar-refractivity contribution in [2.75, 3.05) is 5.43 Å². The highest BCUT2D eigenvalue weighted by Crippen LogP contribution is 2.24. The fraction of sp³-hybridized carbons (Fsp3) is 0. The highest BCUT2D eigenvalue weighted by atomic mass is 15.2. The Bertz CT molecular complexity index is 524. The van der Waals surface area contributed by atoms with Gasteiger partial charge < -0.3 is 5.43 Å². The van der Waals surface area contributed by atoms with E-state index in [9.17, 15) is 0 Å².